The number of rotatable bonds is 1. The number of ketones is 1. The molecule has 4 heteroatoms. The number of carbonyl (C=O) groups excluding carboxylic acids is 1. The fourth-order valence-corrected chi connectivity index (χ4v) is 3.19. The highest BCUT2D eigenvalue weighted by molar-refractivity contribution is 6.36. The number of hydrogen-bond donors (Lipinski definition) is 0. The quantitative estimate of drug-likeness (QED) is 0.732. The molecule has 0 atom stereocenters. The molecule has 1 heterocycles. The van der Waals surface area contributed by atoms with Crippen LogP contribution in [0.25, 0.3) is 0 Å². The number of allylic oxidation sites excluding steroid dienone is 1. The van der Waals surface area contributed by atoms with Gasteiger partial charge in [-0.1, -0.05) is 23.2 Å². The van der Waals surface area contributed by atoms with E-state index >= 15 is 0 Å². The summed E-state index contributed by atoms with van der Waals surface area (Å²) in [7, 11) is 0. The van der Waals surface area contributed by atoms with E-state index in [0.717, 1.165) is 24.2 Å². The van der Waals surface area contributed by atoms with Crippen molar-refractivity contribution in [1.82, 2.24) is 4.90 Å². The van der Waals surface area contributed by atoms with Crippen LogP contribution in [0.4, 0.5) is 0 Å². The van der Waals surface area contributed by atoms with Crippen LogP contribution in [0.15, 0.2) is 23.9 Å². The number of nitrogens with zero attached hydrogens (tertiary/aromatic N) is 1. The van der Waals surface area contributed by atoms with Crippen molar-refractivity contribution in [2.24, 2.45) is 0 Å². The van der Waals surface area contributed by atoms with E-state index in [2.05, 4.69) is 4.90 Å². The number of benzene rings is 1. The summed E-state index contributed by atoms with van der Waals surface area (Å²) in [5.41, 5.74) is 2.41. The number of fused-ring (bicyclic) bond motifs is 1. The maximum Gasteiger partial charge on any atom is 0.191 e. The monoisotopic (exact) mass is 281 g/mol. The molecular formula is C14H13Cl2NO. The highest BCUT2D eigenvalue weighted by Gasteiger charge is 2.28. The molecule has 0 amide bonds. The van der Waals surface area contributed by atoms with Gasteiger partial charge < -0.3 is 4.90 Å². The summed E-state index contributed by atoms with van der Waals surface area (Å²) in [6, 6.07) is 3.42. The Morgan fingerprint density at radius 3 is 2.61 bits per heavy atom. The Labute approximate surface area is 116 Å². The van der Waals surface area contributed by atoms with Crippen molar-refractivity contribution in [2.75, 3.05) is 13.1 Å². The van der Waals surface area contributed by atoms with E-state index in [-0.39, 0.29) is 5.78 Å². The highest BCUT2D eigenvalue weighted by Crippen LogP contribution is 2.34. The third-order valence-electron chi connectivity index (χ3n) is 3.54. The van der Waals surface area contributed by atoms with Crippen molar-refractivity contribution < 1.29 is 4.79 Å². The van der Waals surface area contributed by atoms with Gasteiger partial charge in [0.1, 0.15) is 0 Å². The van der Waals surface area contributed by atoms with Gasteiger partial charge in [-0.15, -0.1) is 0 Å². The van der Waals surface area contributed by atoms with E-state index in [1.54, 1.807) is 12.1 Å². The van der Waals surface area contributed by atoms with E-state index in [1.165, 1.54) is 12.8 Å². The lowest BCUT2D eigenvalue weighted by Gasteiger charge is -2.11. The Hall–Kier alpha value is -0.990. The first-order valence-corrected chi connectivity index (χ1v) is 6.88. The standard InChI is InChI=1S/C14H13Cl2NO/c15-10-6-12-11(13(16)7-10)5-9(14(12)18)8-17-3-1-2-4-17/h6-8H,1-5H2. The summed E-state index contributed by atoms with van der Waals surface area (Å²) in [5, 5.41) is 1.12. The summed E-state index contributed by atoms with van der Waals surface area (Å²) < 4.78 is 0. The van der Waals surface area contributed by atoms with Crippen molar-refractivity contribution in [2.45, 2.75) is 19.3 Å². The van der Waals surface area contributed by atoms with E-state index in [9.17, 15) is 4.79 Å². The average molecular weight is 282 g/mol. The Morgan fingerprint density at radius 1 is 1.17 bits per heavy atom. The molecule has 2 nitrogen and oxygen atoms in total. The summed E-state index contributed by atoms with van der Waals surface area (Å²) in [5.74, 6) is 0.0706. The predicted molar refractivity (Wildman–Crippen MR) is 73.4 cm³/mol. The molecule has 18 heavy (non-hydrogen) atoms. The van der Waals surface area contributed by atoms with Crippen LogP contribution in [0, 0.1) is 0 Å². The van der Waals surface area contributed by atoms with Crippen molar-refractivity contribution >= 4 is 29.0 Å². The molecule has 0 radical (unpaired) electrons. The fourth-order valence-electron chi connectivity index (χ4n) is 2.62. The molecule has 1 saturated heterocycles. The van der Waals surface area contributed by atoms with Gasteiger partial charge in [0, 0.05) is 46.9 Å². The zero-order valence-electron chi connectivity index (χ0n) is 9.88. The van der Waals surface area contributed by atoms with Crippen LogP contribution in [0.3, 0.4) is 0 Å². The van der Waals surface area contributed by atoms with Gasteiger partial charge in [0.05, 0.1) is 0 Å². The molecule has 94 valence electrons. The maximum absolute atomic E-state index is 12.3. The van der Waals surface area contributed by atoms with Crippen LogP contribution in [0.1, 0.15) is 28.8 Å². The molecule has 1 aliphatic heterocycles. The molecule has 0 N–H and O–H groups in total. The highest BCUT2D eigenvalue weighted by atomic mass is 35.5. The van der Waals surface area contributed by atoms with E-state index in [0.29, 0.717) is 22.0 Å². The first-order chi connectivity index (χ1) is 8.65. The minimum absolute atomic E-state index is 0.0706. The van der Waals surface area contributed by atoms with Crippen molar-refractivity contribution in [3.05, 3.63) is 45.1 Å². The topological polar surface area (TPSA) is 20.3 Å². The van der Waals surface area contributed by atoms with E-state index in [1.807, 2.05) is 6.20 Å². The molecule has 0 saturated carbocycles. The van der Waals surface area contributed by atoms with Crippen molar-refractivity contribution in [1.29, 1.82) is 0 Å². The first kappa shape index (κ1) is 12.1. The first-order valence-electron chi connectivity index (χ1n) is 6.12. The Balaban J connectivity index is 1.95. The number of likely N-dealkylation sites (tertiary alicyclic amines) is 1. The van der Waals surface area contributed by atoms with Gasteiger partial charge in [-0.25, -0.2) is 0 Å². The second-order valence-corrected chi connectivity index (χ2v) is 5.66. The molecule has 0 bridgehead atoms. The average Bonchev–Trinajstić information content (AvgIpc) is 2.91. The number of carbonyl (C=O) groups is 1. The fraction of sp³-hybridized carbons (Fsp3) is 0.357. The van der Waals surface area contributed by atoms with Crippen LogP contribution in [0.2, 0.25) is 10.0 Å². The van der Waals surface area contributed by atoms with Gasteiger partial charge in [-0.3, -0.25) is 4.79 Å². The van der Waals surface area contributed by atoms with Gasteiger partial charge in [0.2, 0.25) is 0 Å². The SMILES string of the molecule is O=C1C(=CN2CCCC2)Cc2c(Cl)cc(Cl)cc21. The maximum atomic E-state index is 12.3. The molecule has 1 fully saturated rings. The molecule has 1 aromatic rings. The summed E-state index contributed by atoms with van der Waals surface area (Å²) in [6.45, 7) is 2.09. The van der Waals surface area contributed by atoms with Crippen LogP contribution in [-0.2, 0) is 6.42 Å². The van der Waals surface area contributed by atoms with E-state index < -0.39 is 0 Å². The van der Waals surface area contributed by atoms with E-state index in [4.69, 9.17) is 23.2 Å². The largest absolute Gasteiger partial charge is 0.377 e. The summed E-state index contributed by atoms with van der Waals surface area (Å²) >= 11 is 12.1. The molecule has 3 rings (SSSR count). The molecule has 0 aromatic heterocycles. The predicted octanol–water partition coefficient (Wildman–Crippen LogP) is 3.71. The Bertz CT molecular complexity index is 545. The summed E-state index contributed by atoms with van der Waals surface area (Å²) in [4.78, 5) is 14.5. The number of hydrogen-bond acceptors (Lipinski definition) is 2. The van der Waals surface area contributed by atoms with Gasteiger partial charge >= 0.3 is 0 Å². The number of Topliss-reactive ketones (excluding diaryl/α,β-unsaturated/α-hetero) is 1. The van der Waals surface area contributed by atoms with Crippen LogP contribution < -0.4 is 0 Å². The number of halogens is 2. The Morgan fingerprint density at radius 2 is 1.89 bits per heavy atom. The minimum Gasteiger partial charge on any atom is -0.377 e. The molecular weight excluding hydrogens is 269 g/mol. The Kier molecular flexibility index (Phi) is 3.08. The normalized spacial score (nSPS) is 20.9. The molecule has 2 aliphatic rings. The molecule has 0 unspecified atom stereocenters. The lowest BCUT2D eigenvalue weighted by atomic mass is 10.1. The van der Waals surface area contributed by atoms with Gasteiger partial charge in [0.15, 0.2) is 5.78 Å². The smallest absolute Gasteiger partial charge is 0.191 e. The van der Waals surface area contributed by atoms with Crippen LogP contribution in [0.5, 0.6) is 0 Å². The zero-order valence-corrected chi connectivity index (χ0v) is 11.4. The minimum atomic E-state index is 0.0706. The van der Waals surface area contributed by atoms with Gasteiger partial charge in [-0.05, 0) is 30.5 Å². The second kappa shape index (κ2) is 4.60. The molecule has 1 aliphatic carbocycles. The van der Waals surface area contributed by atoms with Crippen LogP contribution in [-0.4, -0.2) is 23.8 Å². The molecule has 1 aromatic carbocycles. The van der Waals surface area contributed by atoms with Crippen molar-refractivity contribution in [3.63, 3.8) is 0 Å². The lowest BCUT2D eigenvalue weighted by Crippen LogP contribution is -2.13. The summed E-state index contributed by atoms with van der Waals surface area (Å²) in [6.07, 6.45) is 5.04. The third kappa shape index (κ3) is 2.04. The second-order valence-electron chi connectivity index (χ2n) is 4.82. The third-order valence-corrected chi connectivity index (χ3v) is 4.10. The van der Waals surface area contributed by atoms with Crippen LogP contribution >= 0.6 is 23.2 Å². The van der Waals surface area contributed by atoms with Crippen molar-refractivity contribution in [3.8, 4) is 0 Å². The lowest BCUT2D eigenvalue weighted by molar-refractivity contribution is 0.103. The van der Waals surface area contributed by atoms with Gasteiger partial charge in [0.25, 0.3) is 0 Å². The molecule has 0 spiro atoms. The zero-order chi connectivity index (χ0) is 12.7. The van der Waals surface area contributed by atoms with Gasteiger partial charge in [-0.2, -0.15) is 0 Å².